The van der Waals surface area contributed by atoms with Crippen molar-refractivity contribution in [1.29, 1.82) is 0 Å². The van der Waals surface area contributed by atoms with Gasteiger partial charge in [0.15, 0.2) is 0 Å². The lowest BCUT2D eigenvalue weighted by atomic mass is 9.98. The second-order valence-corrected chi connectivity index (χ2v) is 10.8. The predicted molar refractivity (Wildman–Crippen MR) is 143 cm³/mol. The lowest BCUT2D eigenvalue weighted by Crippen LogP contribution is -2.54. The van der Waals surface area contributed by atoms with Gasteiger partial charge >= 0.3 is 11.9 Å². The molecule has 8 nitrogen and oxygen atoms in total. The first-order valence-corrected chi connectivity index (χ1v) is 13.8. The van der Waals surface area contributed by atoms with E-state index in [1.54, 1.807) is 18.2 Å². The Hall–Kier alpha value is -2.99. The number of carboxylic acids is 2. The zero-order chi connectivity index (χ0) is 27.9. The maximum Gasteiger partial charge on any atom is 0.333 e. The van der Waals surface area contributed by atoms with Gasteiger partial charge in [-0.15, -0.1) is 0 Å². The molecule has 2 heterocycles. The summed E-state index contributed by atoms with van der Waals surface area (Å²) < 4.78 is 34.4. The van der Waals surface area contributed by atoms with Crippen LogP contribution in [0, 0.1) is 11.6 Å². The van der Waals surface area contributed by atoms with Crippen LogP contribution in [-0.4, -0.2) is 81.8 Å². The van der Waals surface area contributed by atoms with Crippen molar-refractivity contribution in [1.82, 2.24) is 14.3 Å². The van der Waals surface area contributed by atoms with Crippen LogP contribution in [0.15, 0.2) is 59.0 Å². The molecule has 1 unspecified atom stereocenters. The molecule has 11 heteroatoms. The molecular formula is C28H33F2N3O5S. The topological polar surface area (TPSA) is 93.5 Å². The molecule has 2 aliphatic heterocycles. The van der Waals surface area contributed by atoms with Crippen molar-refractivity contribution in [2.45, 2.75) is 49.1 Å². The SMILES string of the molecule is CN(C1CCN(CCCCOc2ccc(F)cc2)CC1)N1Sc2ccc(F)cc2CC1/C(=C\C(=O)O)C(=O)O. The molecule has 2 aromatic rings. The normalized spacial score (nSPS) is 19.2. The van der Waals surface area contributed by atoms with Crippen molar-refractivity contribution in [3.63, 3.8) is 0 Å². The summed E-state index contributed by atoms with van der Waals surface area (Å²) >= 11 is 1.31. The number of carboxylic acid groups (broad SMARTS) is 2. The van der Waals surface area contributed by atoms with E-state index in [0.717, 1.165) is 56.3 Å². The van der Waals surface area contributed by atoms with Gasteiger partial charge in [0, 0.05) is 24.1 Å². The van der Waals surface area contributed by atoms with E-state index in [-0.39, 0.29) is 23.9 Å². The number of ether oxygens (including phenoxy) is 1. The molecule has 1 saturated heterocycles. The summed E-state index contributed by atoms with van der Waals surface area (Å²) in [6, 6.07) is 9.81. The third kappa shape index (κ3) is 7.78. The van der Waals surface area contributed by atoms with Crippen LogP contribution in [0.4, 0.5) is 8.78 Å². The van der Waals surface area contributed by atoms with Gasteiger partial charge in [0.25, 0.3) is 0 Å². The number of unbranched alkanes of at least 4 members (excludes halogenated alkanes) is 1. The fourth-order valence-corrected chi connectivity index (χ4v) is 6.20. The summed E-state index contributed by atoms with van der Waals surface area (Å²) in [6.45, 7) is 3.28. The minimum absolute atomic E-state index is 0.139. The Morgan fingerprint density at radius 3 is 2.44 bits per heavy atom. The van der Waals surface area contributed by atoms with Crippen molar-refractivity contribution >= 4 is 23.9 Å². The summed E-state index contributed by atoms with van der Waals surface area (Å²) in [5.41, 5.74) is 0.419. The average molecular weight is 562 g/mol. The van der Waals surface area contributed by atoms with E-state index >= 15 is 0 Å². The largest absolute Gasteiger partial charge is 0.494 e. The quantitative estimate of drug-likeness (QED) is 0.234. The highest BCUT2D eigenvalue weighted by atomic mass is 32.2. The first kappa shape index (κ1) is 29.0. The molecule has 0 radical (unpaired) electrons. The Labute approximate surface area is 230 Å². The van der Waals surface area contributed by atoms with Crippen LogP contribution in [0.25, 0.3) is 0 Å². The number of aliphatic carboxylic acids is 2. The predicted octanol–water partition coefficient (Wildman–Crippen LogP) is 4.46. The maximum atomic E-state index is 13.9. The molecule has 210 valence electrons. The molecule has 2 N–H and O–H groups in total. The number of fused-ring (bicyclic) bond motifs is 1. The van der Waals surface area contributed by atoms with Gasteiger partial charge < -0.3 is 19.8 Å². The van der Waals surface area contributed by atoms with Crippen LogP contribution in [0.1, 0.15) is 31.2 Å². The zero-order valence-corrected chi connectivity index (χ0v) is 22.6. The Balaban J connectivity index is 1.33. The molecular weight excluding hydrogens is 528 g/mol. The number of hydrogen-bond donors (Lipinski definition) is 2. The van der Waals surface area contributed by atoms with Crippen LogP contribution in [0.3, 0.4) is 0 Å². The van der Waals surface area contributed by atoms with Gasteiger partial charge in [0.2, 0.25) is 0 Å². The number of benzene rings is 2. The molecule has 0 aromatic heterocycles. The van der Waals surface area contributed by atoms with E-state index in [9.17, 15) is 28.6 Å². The van der Waals surface area contributed by atoms with E-state index in [2.05, 4.69) is 4.90 Å². The number of carbonyl (C=O) groups is 2. The number of piperidine rings is 1. The molecule has 0 bridgehead atoms. The van der Waals surface area contributed by atoms with Crippen LogP contribution >= 0.6 is 11.9 Å². The molecule has 0 saturated carbocycles. The highest BCUT2D eigenvalue weighted by molar-refractivity contribution is 7.97. The Kier molecular flexibility index (Phi) is 9.95. The Morgan fingerprint density at radius 2 is 1.77 bits per heavy atom. The highest BCUT2D eigenvalue weighted by Crippen LogP contribution is 2.40. The highest BCUT2D eigenvalue weighted by Gasteiger charge is 2.38. The third-order valence-corrected chi connectivity index (χ3v) is 8.42. The van der Waals surface area contributed by atoms with Crippen molar-refractivity contribution in [2.75, 3.05) is 33.3 Å². The monoisotopic (exact) mass is 561 g/mol. The third-order valence-electron chi connectivity index (χ3n) is 7.13. The van der Waals surface area contributed by atoms with Gasteiger partial charge in [-0.05, 0) is 112 Å². The molecule has 0 amide bonds. The lowest BCUT2D eigenvalue weighted by Gasteiger charge is -2.46. The number of hydrazine groups is 1. The lowest BCUT2D eigenvalue weighted by molar-refractivity contribution is -0.136. The molecule has 0 spiro atoms. The number of hydrogen-bond acceptors (Lipinski definition) is 7. The number of nitrogens with zero attached hydrogens (tertiary/aromatic N) is 3. The van der Waals surface area contributed by atoms with Crippen molar-refractivity contribution < 1.29 is 33.3 Å². The van der Waals surface area contributed by atoms with Gasteiger partial charge in [-0.1, -0.05) is 0 Å². The second kappa shape index (κ2) is 13.4. The molecule has 2 aromatic carbocycles. The Morgan fingerprint density at radius 1 is 1.08 bits per heavy atom. The van der Waals surface area contributed by atoms with Gasteiger partial charge in [0.1, 0.15) is 17.4 Å². The fourth-order valence-electron chi connectivity index (χ4n) is 5.03. The second-order valence-electron chi connectivity index (χ2n) is 9.76. The number of rotatable bonds is 11. The summed E-state index contributed by atoms with van der Waals surface area (Å²) in [6.07, 6.45) is 4.52. The minimum atomic E-state index is -1.33. The summed E-state index contributed by atoms with van der Waals surface area (Å²) in [5, 5.41) is 21.2. The first-order valence-electron chi connectivity index (χ1n) is 13.0. The van der Waals surface area contributed by atoms with Crippen LogP contribution in [0.5, 0.6) is 5.75 Å². The van der Waals surface area contributed by atoms with Gasteiger partial charge in [-0.3, -0.25) is 0 Å². The van der Waals surface area contributed by atoms with Gasteiger partial charge in [0.05, 0.1) is 18.2 Å². The van der Waals surface area contributed by atoms with Crippen LogP contribution in [0.2, 0.25) is 0 Å². The van der Waals surface area contributed by atoms with E-state index < -0.39 is 23.8 Å². The molecule has 2 aliphatic rings. The van der Waals surface area contributed by atoms with Crippen molar-refractivity contribution in [3.05, 3.63) is 71.3 Å². The molecule has 1 fully saturated rings. The maximum absolute atomic E-state index is 13.9. The summed E-state index contributed by atoms with van der Waals surface area (Å²) in [4.78, 5) is 26.7. The minimum Gasteiger partial charge on any atom is -0.494 e. The van der Waals surface area contributed by atoms with E-state index in [1.165, 1.54) is 36.2 Å². The first-order chi connectivity index (χ1) is 18.7. The van der Waals surface area contributed by atoms with Crippen molar-refractivity contribution in [2.24, 2.45) is 0 Å². The zero-order valence-electron chi connectivity index (χ0n) is 21.8. The van der Waals surface area contributed by atoms with Gasteiger partial charge in [-0.25, -0.2) is 23.4 Å². The number of likely N-dealkylation sites (tertiary alicyclic amines) is 1. The van der Waals surface area contributed by atoms with E-state index in [4.69, 9.17) is 4.74 Å². The smallest absolute Gasteiger partial charge is 0.333 e. The number of halogens is 2. The molecule has 0 aliphatic carbocycles. The average Bonchev–Trinajstić information content (AvgIpc) is 2.91. The van der Waals surface area contributed by atoms with Crippen LogP contribution in [-0.2, 0) is 16.0 Å². The molecule has 39 heavy (non-hydrogen) atoms. The summed E-state index contributed by atoms with van der Waals surface area (Å²) in [7, 11) is 1.90. The molecule has 1 atom stereocenters. The van der Waals surface area contributed by atoms with Crippen molar-refractivity contribution in [3.8, 4) is 5.75 Å². The Bertz CT molecular complexity index is 1190. The molecule has 4 rings (SSSR count). The van der Waals surface area contributed by atoms with Crippen LogP contribution < -0.4 is 4.74 Å². The van der Waals surface area contributed by atoms with Gasteiger partial charge in [-0.2, -0.15) is 4.41 Å². The summed E-state index contributed by atoms with van der Waals surface area (Å²) in [5.74, 6) is -2.68. The van der Waals surface area contributed by atoms with E-state index in [1.807, 2.05) is 16.5 Å². The van der Waals surface area contributed by atoms with E-state index in [0.29, 0.717) is 17.9 Å². The fraction of sp³-hybridized carbons (Fsp3) is 0.429. The standard InChI is InChI=1S/C28H33F2N3O5S/c1-31(22-10-13-32(14-11-22)12-2-3-15-38-23-7-4-20(29)5-8-23)33-25(24(28(36)37)18-27(34)35)17-19-16-21(30)6-9-26(19)39-33/h4-9,16,18,22,25H,2-3,10-15,17H2,1H3,(H,34,35)(H,36,37)/b24-18+.